The number of benzene rings is 1. The first-order valence-corrected chi connectivity index (χ1v) is 8.13. The Bertz CT molecular complexity index is 590. The number of carbonyl (C=O) groups is 2. The summed E-state index contributed by atoms with van der Waals surface area (Å²) >= 11 is 0. The van der Waals surface area contributed by atoms with Crippen molar-refractivity contribution in [2.75, 3.05) is 13.1 Å². The maximum absolute atomic E-state index is 13.1. The molecule has 4 heteroatoms. The van der Waals surface area contributed by atoms with Crippen molar-refractivity contribution in [1.29, 1.82) is 0 Å². The predicted molar refractivity (Wildman–Crippen MR) is 83.7 cm³/mol. The first-order chi connectivity index (χ1) is 10.5. The van der Waals surface area contributed by atoms with Crippen molar-refractivity contribution < 1.29 is 14.7 Å². The Labute approximate surface area is 131 Å². The van der Waals surface area contributed by atoms with Crippen LogP contribution < -0.4 is 0 Å². The van der Waals surface area contributed by atoms with Crippen molar-refractivity contribution in [3.8, 4) is 0 Å². The van der Waals surface area contributed by atoms with E-state index in [2.05, 4.69) is 19.1 Å². The highest BCUT2D eigenvalue weighted by Crippen LogP contribution is 2.39. The van der Waals surface area contributed by atoms with Crippen LogP contribution in [0.3, 0.4) is 0 Å². The fourth-order valence-electron chi connectivity index (χ4n) is 3.94. The summed E-state index contributed by atoms with van der Waals surface area (Å²) in [6, 6.07) is 8.24. The zero-order valence-corrected chi connectivity index (χ0v) is 13.0. The van der Waals surface area contributed by atoms with E-state index in [0.717, 1.165) is 24.8 Å². The second kappa shape index (κ2) is 5.75. The van der Waals surface area contributed by atoms with Gasteiger partial charge in [0, 0.05) is 13.1 Å². The molecule has 1 N–H and O–H groups in total. The third-order valence-electron chi connectivity index (χ3n) is 5.34. The van der Waals surface area contributed by atoms with Crippen LogP contribution in [0.2, 0.25) is 0 Å². The van der Waals surface area contributed by atoms with Gasteiger partial charge < -0.3 is 10.0 Å². The summed E-state index contributed by atoms with van der Waals surface area (Å²) in [5.74, 6) is -0.861. The third-order valence-corrected chi connectivity index (χ3v) is 5.34. The van der Waals surface area contributed by atoms with E-state index in [1.165, 1.54) is 5.56 Å². The van der Waals surface area contributed by atoms with Gasteiger partial charge in [-0.3, -0.25) is 9.59 Å². The highest BCUT2D eigenvalue weighted by atomic mass is 16.4. The third kappa shape index (κ3) is 2.51. The molecular weight excluding hydrogens is 278 g/mol. The highest BCUT2D eigenvalue weighted by Gasteiger charge is 2.42. The molecule has 0 radical (unpaired) electrons. The highest BCUT2D eigenvalue weighted by molar-refractivity contribution is 5.89. The fraction of sp³-hybridized carbons (Fsp3) is 0.556. The van der Waals surface area contributed by atoms with E-state index in [4.69, 9.17) is 5.11 Å². The van der Waals surface area contributed by atoms with Crippen molar-refractivity contribution in [2.24, 2.45) is 5.92 Å². The lowest BCUT2D eigenvalue weighted by atomic mass is 9.70. The summed E-state index contributed by atoms with van der Waals surface area (Å²) in [6.45, 7) is 3.18. The number of carboxylic acids is 1. The van der Waals surface area contributed by atoms with Gasteiger partial charge in [-0.05, 0) is 50.2 Å². The van der Waals surface area contributed by atoms with Gasteiger partial charge in [0.25, 0.3) is 0 Å². The van der Waals surface area contributed by atoms with Crippen LogP contribution in [0.1, 0.15) is 43.7 Å². The number of piperidine rings is 1. The molecule has 4 nitrogen and oxygen atoms in total. The second-order valence-electron chi connectivity index (χ2n) is 6.75. The van der Waals surface area contributed by atoms with Gasteiger partial charge in [-0.1, -0.05) is 24.3 Å². The number of amides is 1. The molecule has 1 aliphatic carbocycles. The van der Waals surface area contributed by atoms with Crippen molar-refractivity contribution in [3.05, 3.63) is 35.4 Å². The number of hydrogen-bond donors (Lipinski definition) is 1. The van der Waals surface area contributed by atoms with Crippen molar-refractivity contribution in [1.82, 2.24) is 4.90 Å². The molecule has 1 fully saturated rings. The molecule has 2 aliphatic rings. The van der Waals surface area contributed by atoms with E-state index in [1.807, 2.05) is 17.0 Å². The lowest BCUT2D eigenvalue weighted by Gasteiger charge is -2.40. The molecule has 0 bridgehead atoms. The molecule has 118 valence electrons. The van der Waals surface area contributed by atoms with Crippen LogP contribution in [0.4, 0.5) is 0 Å². The smallest absolute Gasteiger partial charge is 0.306 e. The Kier molecular flexibility index (Phi) is 3.94. The van der Waals surface area contributed by atoms with Crippen LogP contribution in [0.15, 0.2) is 24.3 Å². The maximum Gasteiger partial charge on any atom is 0.306 e. The van der Waals surface area contributed by atoms with Crippen LogP contribution in [0, 0.1) is 5.92 Å². The standard InChI is InChI=1S/C18H23NO3/c1-18(10-4-6-13-5-2-3-7-15(13)18)17(22)19-11-8-14(9-12-19)16(20)21/h2-3,5,7,14H,4,6,8-12H2,1H3,(H,20,21)/t18-/m0/s1. The normalized spacial score (nSPS) is 25.6. The number of rotatable bonds is 2. The van der Waals surface area contributed by atoms with Gasteiger partial charge in [-0.15, -0.1) is 0 Å². The topological polar surface area (TPSA) is 57.6 Å². The molecule has 1 saturated heterocycles. The van der Waals surface area contributed by atoms with Crippen LogP contribution in [-0.2, 0) is 21.4 Å². The van der Waals surface area contributed by atoms with Gasteiger partial charge in [-0.25, -0.2) is 0 Å². The van der Waals surface area contributed by atoms with Crippen molar-refractivity contribution in [3.63, 3.8) is 0 Å². The second-order valence-corrected chi connectivity index (χ2v) is 6.75. The summed E-state index contributed by atoms with van der Waals surface area (Å²) in [4.78, 5) is 26.0. The molecule has 0 unspecified atom stereocenters. The fourth-order valence-corrected chi connectivity index (χ4v) is 3.94. The summed E-state index contributed by atoms with van der Waals surface area (Å²) in [7, 11) is 0. The quantitative estimate of drug-likeness (QED) is 0.913. The summed E-state index contributed by atoms with van der Waals surface area (Å²) < 4.78 is 0. The molecule has 1 aliphatic heterocycles. The van der Waals surface area contributed by atoms with Gasteiger partial charge in [0.05, 0.1) is 11.3 Å². The maximum atomic E-state index is 13.1. The minimum atomic E-state index is -0.735. The predicted octanol–water partition coefficient (Wildman–Crippen LogP) is 2.60. The molecule has 0 aromatic heterocycles. The summed E-state index contributed by atoms with van der Waals surface area (Å²) in [6.07, 6.45) is 4.09. The number of carbonyl (C=O) groups excluding carboxylic acids is 1. The Morgan fingerprint density at radius 1 is 1.23 bits per heavy atom. The average Bonchev–Trinajstić information content (AvgIpc) is 2.55. The number of fused-ring (bicyclic) bond motifs is 1. The van der Waals surface area contributed by atoms with Crippen LogP contribution in [0.25, 0.3) is 0 Å². The molecule has 0 saturated carbocycles. The zero-order chi connectivity index (χ0) is 15.7. The zero-order valence-electron chi connectivity index (χ0n) is 13.0. The summed E-state index contributed by atoms with van der Waals surface area (Å²) in [5, 5.41) is 9.09. The van der Waals surface area contributed by atoms with E-state index in [0.29, 0.717) is 25.9 Å². The van der Waals surface area contributed by atoms with Gasteiger partial charge in [0.15, 0.2) is 0 Å². The molecule has 1 amide bonds. The Balaban J connectivity index is 1.80. The Morgan fingerprint density at radius 2 is 1.91 bits per heavy atom. The SMILES string of the molecule is C[C@]1(C(=O)N2CCC(C(=O)O)CC2)CCCc2ccccc21. The van der Waals surface area contributed by atoms with E-state index in [9.17, 15) is 9.59 Å². The molecule has 0 spiro atoms. The van der Waals surface area contributed by atoms with Crippen molar-refractivity contribution >= 4 is 11.9 Å². The average molecular weight is 301 g/mol. The molecule has 1 atom stereocenters. The monoisotopic (exact) mass is 301 g/mol. The molecule has 1 aromatic carbocycles. The van der Waals surface area contributed by atoms with Gasteiger partial charge in [0.2, 0.25) is 5.91 Å². The van der Waals surface area contributed by atoms with E-state index >= 15 is 0 Å². The molecular formula is C18H23NO3. The first kappa shape index (κ1) is 15.1. The Hall–Kier alpha value is -1.84. The molecule has 1 aromatic rings. The largest absolute Gasteiger partial charge is 0.481 e. The number of nitrogens with zero attached hydrogens (tertiary/aromatic N) is 1. The summed E-state index contributed by atoms with van der Waals surface area (Å²) in [5.41, 5.74) is 1.99. The lowest BCUT2D eigenvalue weighted by Crippen LogP contribution is -2.50. The van der Waals surface area contributed by atoms with E-state index < -0.39 is 11.4 Å². The molecule has 3 rings (SSSR count). The van der Waals surface area contributed by atoms with Gasteiger partial charge in [0.1, 0.15) is 0 Å². The van der Waals surface area contributed by atoms with E-state index in [1.54, 1.807) is 0 Å². The minimum Gasteiger partial charge on any atom is -0.481 e. The molecule has 1 heterocycles. The number of aliphatic carboxylic acids is 1. The van der Waals surface area contributed by atoms with Gasteiger partial charge >= 0.3 is 5.97 Å². The molecule has 22 heavy (non-hydrogen) atoms. The Morgan fingerprint density at radius 3 is 2.59 bits per heavy atom. The van der Waals surface area contributed by atoms with Crippen LogP contribution in [-0.4, -0.2) is 35.0 Å². The van der Waals surface area contributed by atoms with Crippen molar-refractivity contribution in [2.45, 2.75) is 44.4 Å². The van der Waals surface area contributed by atoms with Crippen LogP contribution in [0.5, 0.6) is 0 Å². The number of hydrogen-bond acceptors (Lipinski definition) is 2. The van der Waals surface area contributed by atoms with Gasteiger partial charge in [-0.2, -0.15) is 0 Å². The minimum absolute atomic E-state index is 0.170. The number of aryl methyl sites for hydroxylation is 1. The first-order valence-electron chi connectivity index (χ1n) is 8.13. The lowest BCUT2D eigenvalue weighted by molar-refractivity contribution is -0.147. The number of likely N-dealkylation sites (tertiary alicyclic amines) is 1. The number of carboxylic acid groups (broad SMARTS) is 1. The van der Waals surface area contributed by atoms with Crippen LogP contribution >= 0.6 is 0 Å². The van der Waals surface area contributed by atoms with E-state index in [-0.39, 0.29) is 11.8 Å².